The second kappa shape index (κ2) is 7.20. The van der Waals surface area contributed by atoms with Gasteiger partial charge >= 0.3 is 10.1 Å². The van der Waals surface area contributed by atoms with Crippen molar-refractivity contribution in [3.05, 3.63) is 41.1 Å². The van der Waals surface area contributed by atoms with Gasteiger partial charge in [-0.3, -0.25) is 0 Å². The lowest BCUT2D eigenvalue weighted by Gasteiger charge is -2.25. The first-order valence-corrected chi connectivity index (χ1v) is 9.23. The maximum atomic E-state index is 12.2. The smallest absolute Gasteiger partial charge is 0.339 e. The minimum atomic E-state index is -3.79. The van der Waals surface area contributed by atoms with Gasteiger partial charge in [-0.2, -0.15) is 8.42 Å². The second-order valence-corrected chi connectivity index (χ2v) is 7.01. The summed E-state index contributed by atoms with van der Waals surface area (Å²) in [5.41, 5.74) is 1.00. The van der Waals surface area contributed by atoms with Gasteiger partial charge < -0.3 is 13.8 Å². The van der Waals surface area contributed by atoms with Gasteiger partial charge in [0.05, 0.1) is 19.4 Å². The average molecular weight is 329 g/mol. The molecule has 0 aromatic heterocycles. The zero-order chi connectivity index (χ0) is 15.3. The number of morpholine rings is 1. The van der Waals surface area contributed by atoms with E-state index in [4.69, 9.17) is 8.92 Å². The molecule has 0 spiro atoms. The minimum absolute atomic E-state index is 0.162. The van der Waals surface area contributed by atoms with Gasteiger partial charge in [0, 0.05) is 13.1 Å². The molecule has 21 heavy (non-hydrogen) atoms. The fourth-order valence-corrected chi connectivity index (χ4v) is 3.45. The van der Waals surface area contributed by atoms with Crippen LogP contribution in [-0.2, 0) is 19.0 Å². The summed E-state index contributed by atoms with van der Waals surface area (Å²) in [5.74, 6) is 0. The molecule has 7 heteroatoms. The predicted molar refractivity (Wildman–Crippen MR) is 83.4 cm³/mol. The molecule has 2 rings (SSSR count). The van der Waals surface area contributed by atoms with Crippen LogP contribution in [0.1, 0.15) is 5.56 Å². The van der Waals surface area contributed by atoms with E-state index >= 15 is 0 Å². The second-order valence-electron chi connectivity index (χ2n) is 4.65. The van der Waals surface area contributed by atoms with Crippen molar-refractivity contribution in [2.24, 2.45) is 0 Å². The highest BCUT2D eigenvalue weighted by molar-refractivity contribution is 8.02. The Morgan fingerprint density at radius 2 is 1.90 bits per heavy atom. The van der Waals surface area contributed by atoms with Crippen LogP contribution >= 0.6 is 11.8 Å². The molecule has 5 nitrogen and oxygen atoms in total. The van der Waals surface area contributed by atoms with E-state index in [1.54, 1.807) is 36.7 Å². The summed E-state index contributed by atoms with van der Waals surface area (Å²) in [5, 5.41) is 0.359. The first-order chi connectivity index (χ1) is 10.0. The summed E-state index contributed by atoms with van der Waals surface area (Å²) in [6.07, 6.45) is 3.52. The Hall–Kier alpha value is -1.18. The van der Waals surface area contributed by atoms with E-state index in [9.17, 15) is 8.42 Å². The fraction of sp³-hybridized carbons (Fsp3) is 0.429. The Bertz CT molecular complexity index is 590. The molecule has 0 unspecified atom stereocenters. The van der Waals surface area contributed by atoms with Crippen molar-refractivity contribution in [1.29, 1.82) is 0 Å². The first kappa shape index (κ1) is 16.2. The summed E-state index contributed by atoms with van der Waals surface area (Å²) in [6.45, 7) is 4.66. The average Bonchev–Trinajstić information content (AvgIpc) is 2.48. The standard InChI is InChI=1S/C14H19NO4S2/c1-12-3-5-13(6-4-12)21(16,17)19-14(20-2)11-15-7-9-18-10-8-15/h3-6,11H,7-10H2,1-2H3/b14-11+. The molecule has 1 aliphatic heterocycles. The van der Waals surface area contributed by atoms with Gasteiger partial charge in [-0.25, -0.2) is 0 Å². The van der Waals surface area contributed by atoms with Gasteiger partial charge in [-0.1, -0.05) is 29.5 Å². The van der Waals surface area contributed by atoms with E-state index in [-0.39, 0.29) is 4.90 Å². The molecule has 1 aromatic carbocycles. The molecule has 0 atom stereocenters. The molecule has 1 aliphatic rings. The molecule has 1 saturated heterocycles. The minimum Gasteiger partial charge on any atom is -0.378 e. The SMILES string of the molecule is CS/C(=C/N1CCOCC1)OS(=O)(=O)c1ccc(C)cc1. The molecule has 0 radical (unpaired) electrons. The molecule has 0 bridgehead atoms. The van der Waals surface area contributed by atoms with Crippen molar-refractivity contribution in [1.82, 2.24) is 4.90 Å². The van der Waals surface area contributed by atoms with Gasteiger partial charge in [-0.05, 0) is 25.3 Å². The van der Waals surface area contributed by atoms with Crippen LogP contribution in [0.3, 0.4) is 0 Å². The van der Waals surface area contributed by atoms with Crippen LogP contribution in [0.4, 0.5) is 0 Å². The lowest BCUT2D eigenvalue weighted by Crippen LogP contribution is -2.32. The lowest BCUT2D eigenvalue weighted by atomic mass is 10.2. The highest BCUT2D eigenvalue weighted by Crippen LogP contribution is 2.22. The van der Waals surface area contributed by atoms with Crippen LogP contribution in [0, 0.1) is 6.92 Å². The molecule has 0 N–H and O–H groups in total. The fourth-order valence-electron chi connectivity index (χ4n) is 1.83. The van der Waals surface area contributed by atoms with E-state index in [0.29, 0.717) is 18.3 Å². The number of nitrogens with zero attached hydrogens (tertiary/aromatic N) is 1. The zero-order valence-corrected chi connectivity index (χ0v) is 13.7. The number of ether oxygens (including phenoxy) is 1. The third-order valence-electron chi connectivity index (χ3n) is 3.04. The Labute approximate surface area is 130 Å². The quantitative estimate of drug-likeness (QED) is 0.610. The molecule has 0 amide bonds. The Morgan fingerprint density at radius 1 is 1.29 bits per heavy atom. The van der Waals surface area contributed by atoms with E-state index < -0.39 is 10.1 Å². The molecule has 0 saturated carbocycles. The van der Waals surface area contributed by atoms with Gasteiger partial charge in [0.15, 0.2) is 5.09 Å². The molecule has 116 valence electrons. The molecule has 1 aromatic rings. The van der Waals surface area contributed by atoms with Crippen LogP contribution < -0.4 is 0 Å². The third-order valence-corrected chi connectivity index (χ3v) is 4.98. The molecular weight excluding hydrogens is 310 g/mol. The Kier molecular flexibility index (Phi) is 5.55. The van der Waals surface area contributed by atoms with Crippen molar-refractivity contribution in [3.63, 3.8) is 0 Å². The van der Waals surface area contributed by atoms with Crippen LogP contribution in [0.5, 0.6) is 0 Å². The van der Waals surface area contributed by atoms with Crippen LogP contribution in [0.2, 0.25) is 0 Å². The molecule has 1 fully saturated rings. The molecule has 1 heterocycles. The van der Waals surface area contributed by atoms with E-state index in [2.05, 4.69) is 0 Å². The maximum absolute atomic E-state index is 12.2. The molecular formula is C14H19NO4S2. The van der Waals surface area contributed by atoms with Gasteiger partial charge in [-0.15, -0.1) is 0 Å². The van der Waals surface area contributed by atoms with Crippen LogP contribution in [0.15, 0.2) is 40.5 Å². The normalized spacial score (nSPS) is 16.9. The number of thioether (sulfide) groups is 1. The van der Waals surface area contributed by atoms with Gasteiger partial charge in [0.1, 0.15) is 4.90 Å². The highest BCUT2D eigenvalue weighted by atomic mass is 32.2. The van der Waals surface area contributed by atoms with Crippen molar-refractivity contribution in [2.75, 3.05) is 32.6 Å². The summed E-state index contributed by atoms with van der Waals surface area (Å²) < 4.78 is 35.0. The summed E-state index contributed by atoms with van der Waals surface area (Å²) in [4.78, 5) is 2.16. The molecule has 0 aliphatic carbocycles. The number of hydrogen-bond acceptors (Lipinski definition) is 6. The predicted octanol–water partition coefficient (Wildman–Crippen LogP) is 2.19. The van der Waals surface area contributed by atoms with E-state index in [1.807, 2.05) is 11.8 Å². The number of aryl methyl sites for hydroxylation is 1. The lowest BCUT2D eigenvalue weighted by molar-refractivity contribution is 0.0585. The number of hydrogen-bond donors (Lipinski definition) is 0. The van der Waals surface area contributed by atoms with Crippen LogP contribution in [-0.4, -0.2) is 45.9 Å². The summed E-state index contributed by atoms with van der Waals surface area (Å²) in [6, 6.07) is 6.61. The van der Waals surface area contributed by atoms with Crippen LogP contribution in [0.25, 0.3) is 0 Å². The topological polar surface area (TPSA) is 55.8 Å². The summed E-state index contributed by atoms with van der Waals surface area (Å²) in [7, 11) is -3.79. The highest BCUT2D eigenvalue weighted by Gasteiger charge is 2.18. The third kappa shape index (κ3) is 4.66. The van der Waals surface area contributed by atoms with E-state index in [0.717, 1.165) is 18.7 Å². The first-order valence-electron chi connectivity index (χ1n) is 6.60. The Morgan fingerprint density at radius 3 is 2.48 bits per heavy atom. The van der Waals surface area contributed by atoms with Crippen molar-refractivity contribution >= 4 is 21.9 Å². The van der Waals surface area contributed by atoms with Crippen molar-refractivity contribution < 1.29 is 17.3 Å². The number of rotatable bonds is 5. The largest absolute Gasteiger partial charge is 0.378 e. The van der Waals surface area contributed by atoms with Gasteiger partial charge in [0.2, 0.25) is 0 Å². The van der Waals surface area contributed by atoms with Crippen molar-refractivity contribution in [3.8, 4) is 0 Å². The summed E-state index contributed by atoms with van der Waals surface area (Å²) >= 11 is 1.27. The monoisotopic (exact) mass is 329 g/mol. The van der Waals surface area contributed by atoms with Gasteiger partial charge in [0.25, 0.3) is 0 Å². The number of benzene rings is 1. The van der Waals surface area contributed by atoms with Crippen molar-refractivity contribution in [2.45, 2.75) is 11.8 Å². The zero-order valence-electron chi connectivity index (χ0n) is 12.1. The van der Waals surface area contributed by atoms with E-state index in [1.165, 1.54) is 11.8 Å². The maximum Gasteiger partial charge on any atom is 0.339 e. The Balaban J connectivity index is 2.12.